The zero-order valence-corrected chi connectivity index (χ0v) is 16.6. The van der Waals surface area contributed by atoms with Gasteiger partial charge in [0.1, 0.15) is 23.0 Å². The van der Waals surface area contributed by atoms with Crippen molar-refractivity contribution < 1.29 is 13.6 Å². The summed E-state index contributed by atoms with van der Waals surface area (Å²) in [6, 6.07) is 11.4. The van der Waals surface area contributed by atoms with Gasteiger partial charge < -0.3 is 10.6 Å². The van der Waals surface area contributed by atoms with Crippen molar-refractivity contribution in [3.05, 3.63) is 72.2 Å². The molecule has 2 aromatic heterocycles. The maximum atomic E-state index is 13.6. The molecule has 30 heavy (non-hydrogen) atoms. The number of amides is 2. The molecule has 0 unspecified atom stereocenters. The lowest BCUT2D eigenvalue weighted by Crippen LogP contribution is -2.20. The second-order valence-electron chi connectivity index (χ2n) is 6.24. The minimum Gasteiger partial charge on any atom is -0.308 e. The molecule has 0 bridgehead atoms. The van der Waals surface area contributed by atoms with E-state index in [9.17, 15) is 13.6 Å². The Balaban J connectivity index is 1.44. The number of aryl methyl sites for hydroxylation is 1. The zero-order valence-electron chi connectivity index (χ0n) is 15.8. The number of carbonyl (C=O) groups is 1. The quantitative estimate of drug-likeness (QED) is 0.450. The summed E-state index contributed by atoms with van der Waals surface area (Å²) in [5.41, 5.74) is 1.33. The van der Waals surface area contributed by atoms with Crippen molar-refractivity contribution in [1.29, 1.82) is 0 Å². The van der Waals surface area contributed by atoms with E-state index < -0.39 is 17.7 Å². The maximum Gasteiger partial charge on any atom is 0.323 e. The lowest BCUT2D eigenvalue weighted by Gasteiger charge is -2.10. The lowest BCUT2D eigenvalue weighted by molar-refractivity contribution is 0.262. The van der Waals surface area contributed by atoms with Crippen LogP contribution < -0.4 is 10.6 Å². The summed E-state index contributed by atoms with van der Waals surface area (Å²) in [5, 5.41) is 10.0. The van der Waals surface area contributed by atoms with Crippen molar-refractivity contribution in [2.24, 2.45) is 0 Å². The molecule has 2 amide bonds. The number of urea groups is 1. The highest BCUT2D eigenvalue weighted by atomic mass is 32.2. The average Bonchev–Trinajstić information content (AvgIpc) is 3.20. The number of halogens is 2. The van der Waals surface area contributed by atoms with Gasteiger partial charge in [-0.05, 0) is 48.9 Å². The Bertz CT molecular complexity index is 1210. The molecule has 0 aliphatic carbocycles. The van der Waals surface area contributed by atoms with E-state index in [1.807, 2.05) is 25.1 Å². The van der Waals surface area contributed by atoms with Crippen LogP contribution in [0.5, 0.6) is 0 Å². The van der Waals surface area contributed by atoms with Crippen molar-refractivity contribution in [3.63, 3.8) is 0 Å². The molecule has 0 atom stereocenters. The molecule has 0 spiro atoms. The Hall–Kier alpha value is -3.53. The summed E-state index contributed by atoms with van der Waals surface area (Å²) in [7, 11) is 0. The number of nitrogens with zero attached hydrogens (tertiary/aromatic N) is 4. The van der Waals surface area contributed by atoms with Gasteiger partial charge in [-0.3, -0.25) is 0 Å². The Labute approximate surface area is 174 Å². The van der Waals surface area contributed by atoms with Crippen LogP contribution in [-0.2, 0) is 6.42 Å². The number of hydrogen-bond acceptors (Lipinski definition) is 5. The van der Waals surface area contributed by atoms with E-state index in [0.717, 1.165) is 34.2 Å². The summed E-state index contributed by atoms with van der Waals surface area (Å²) in [6.45, 7) is 2.02. The van der Waals surface area contributed by atoms with Gasteiger partial charge in [-0.25, -0.2) is 18.6 Å². The Morgan fingerprint density at radius 3 is 2.63 bits per heavy atom. The highest BCUT2D eigenvalue weighted by molar-refractivity contribution is 7.99. The van der Waals surface area contributed by atoms with Crippen LogP contribution in [0, 0.1) is 11.6 Å². The van der Waals surface area contributed by atoms with Crippen molar-refractivity contribution >= 4 is 34.9 Å². The van der Waals surface area contributed by atoms with Gasteiger partial charge in [0.25, 0.3) is 5.78 Å². The summed E-state index contributed by atoms with van der Waals surface area (Å²) in [5.74, 6) is -1.02. The number of benzene rings is 2. The topological polar surface area (TPSA) is 84.2 Å². The van der Waals surface area contributed by atoms with E-state index in [-0.39, 0.29) is 5.69 Å². The molecule has 2 heterocycles. The van der Waals surface area contributed by atoms with Gasteiger partial charge in [0.15, 0.2) is 0 Å². The fourth-order valence-electron chi connectivity index (χ4n) is 2.69. The van der Waals surface area contributed by atoms with Gasteiger partial charge in [0, 0.05) is 22.3 Å². The van der Waals surface area contributed by atoms with Crippen molar-refractivity contribution in [2.45, 2.75) is 23.3 Å². The molecule has 0 saturated heterocycles. The average molecular weight is 426 g/mol. The predicted molar refractivity (Wildman–Crippen MR) is 110 cm³/mol. The molecule has 0 fully saturated rings. The fraction of sp³-hybridized carbons (Fsp3) is 0.100. The number of nitrogens with one attached hydrogen (secondary N) is 2. The van der Waals surface area contributed by atoms with Crippen LogP contribution in [0.3, 0.4) is 0 Å². The molecule has 0 saturated carbocycles. The fourth-order valence-corrected chi connectivity index (χ4v) is 3.61. The Kier molecular flexibility index (Phi) is 5.57. The monoisotopic (exact) mass is 426 g/mol. The minimum atomic E-state index is -0.847. The maximum absolute atomic E-state index is 13.6. The summed E-state index contributed by atoms with van der Waals surface area (Å²) in [4.78, 5) is 21.6. The van der Waals surface area contributed by atoms with Crippen LogP contribution in [0.25, 0.3) is 5.78 Å². The van der Waals surface area contributed by atoms with Crippen molar-refractivity contribution in [3.8, 4) is 0 Å². The van der Waals surface area contributed by atoms with Crippen molar-refractivity contribution in [1.82, 2.24) is 19.6 Å². The largest absolute Gasteiger partial charge is 0.323 e. The zero-order chi connectivity index (χ0) is 21.1. The third kappa shape index (κ3) is 4.38. The molecular weight excluding hydrogens is 410 g/mol. The number of carbonyl (C=O) groups excluding carboxylic acids is 1. The molecule has 4 aromatic rings. The molecule has 0 radical (unpaired) electrons. The molecule has 10 heteroatoms. The molecule has 7 nitrogen and oxygen atoms in total. The third-order valence-corrected chi connectivity index (χ3v) is 5.16. The van der Waals surface area contributed by atoms with E-state index in [1.54, 1.807) is 16.6 Å². The van der Waals surface area contributed by atoms with Crippen LogP contribution in [0.4, 0.5) is 25.0 Å². The minimum absolute atomic E-state index is 0.109. The summed E-state index contributed by atoms with van der Waals surface area (Å²) >= 11 is 1.49. The Morgan fingerprint density at radius 2 is 1.90 bits per heavy atom. The number of fused-ring (bicyclic) bond motifs is 1. The van der Waals surface area contributed by atoms with Gasteiger partial charge >= 0.3 is 6.03 Å². The molecule has 0 aliphatic heterocycles. The van der Waals surface area contributed by atoms with Gasteiger partial charge in [0.2, 0.25) is 0 Å². The highest BCUT2D eigenvalue weighted by Gasteiger charge is 2.10. The SMILES string of the molecule is CCc1cc(Sc2ccc(NC(=O)Nc3ccc(F)cc3F)cc2)n2ncnc2n1. The van der Waals surface area contributed by atoms with Crippen LogP contribution in [0.2, 0.25) is 0 Å². The number of anilines is 2. The lowest BCUT2D eigenvalue weighted by atomic mass is 10.3. The van der Waals surface area contributed by atoms with E-state index in [4.69, 9.17) is 0 Å². The third-order valence-electron chi connectivity index (χ3n) is 4.15. The molecule has 152 valence electrons. The smallest absolute Gasteiger partial charge is 0.308 e. The summed E-state index contributed by atoms with van der Waals surface area (Å²) < 4.78 is 28.3. The first-order chi connectivity index (χ1) is 14.5. The van der Waals surface area contributed by atoms with Crippen molar-refractivity contribution in [2.75, 3.05) is 10.6 Å². The number of hydrogen-bond donors (Lipinski definition) is 2. The molecule has 4 rings (SSSR count). The van der Waals surface area contributed by atoms with Gasteiger partial charge in [0.05, 0.1) is 5.69 Å². The van der Waals surface area contributed by atoms with E-state index in [2.05, 4.69) is 25.7 Å². The second kappa shape index (κ2) is 8.46. The second-order valence-corrected chi connectivity index (χ2v) is 7.33. The molecular formula is C20H16F2N6OS. The van der Waals surface area contributed by atoms with Crippen LogP contribution in [0.15, 0.2) is 64.8 Å². The van der Waals surface area contributed by atoms with Crippen LogP contribution in [0.1, 0.15) is 12.6 Å². The van der Waals surface area contributed by atoms with Gasteiger partial charge in [-0.15, -0.1) is 0 Å². The van der Waals surface area contributed by atoms with E-state index in [0.29, 0.717) is 17.5 Å². The Morgan fingerprint density at radius 1 is 1.10 bits per heavy atom. The molecule has 2 N–H and O–H groups in total. The normalized spacial score (nSPS) is 10.9. The highest BCUT2D eigenvalue weighted by Crippen LogP contribution is 2.29. The first-order valence-corrected chi connectivity index (χ1v) is 9.84. The summed E-state index contributed by atoms with van der Waals surface area (Å²) in [6.07, 6.45) is 2.24. The van der Waals surface area contributed by atoms with Gasteiger partial charge in [-0.1, -0.05) is 18.7 Å². The first-order valence-electron chi connectivity index (χ1n) is 9.02. The van der Waals surface area contributed by atoms with E-state index in [1.165, 1.54) is 18.1 Å². The molecule has 2 aromatic carbocycles. The standard InChI is InChI=1S/C20H16F2N6OS/c1-2-13-10-18(28-19(25-13)23-11-24-28)30-15-6-4-14(5-7-15)26-20(29)27-17-8-3-12(21)9-16(17)22/h3-11H,2H2,1H3,(H2,26,27,29). The number of aromatic nitrogens is 4. The van der Waals surface area contributed by atoms with Crippen LogP contribution in [-0.4, -0.2) is 25.6 Å². The van der Waals surface area contributed by atoms with Gasteiger partial charge in [-0.2, -0.15) is 14.6 Å². The predicted octanol–water partition coefficient (Wildman–Crippen LogP) is 4.76. The molecule has 0 aliphatic rings. The van der Waals surface area contributed by atoms with Crippen LogP contribution >= 0.6 is 11.8 Å². The number of rotatable bonds is 5. The van der Waals surface area contributed by atoms with E-state index >= 15 is 0 Å². The first kappa shape index (κ1) is 19.8.